The maximum Gasteiger partial charge on any atom is 0.306 e. The number of ether oxygens (including phenoxy) is 4. The highest BCUT2D eigenvalue weighted by atomic mass is 16.7. The zero-order valence-corrected chi connectivity index (χ0v) is 25.6. The second kappa shape index (κ2) is 24.2. The van der Waals surface area contributed by atoms with Crippen LogP contribution in [-0.2, 0) is 28.5 Å². The molecule has 0 spiro atoms. The Morgan fingerprint density at radius 2 is 1.15 bits per heavy atom. The molecule has 1 heterocycles. The third-order valence-corrected chi connectivity index (χ3v) is 7.49. The maximum absolute atomic E-state index is 12.5. The Hall–Kier alpha value is -1.30. The van der Waals surface area contributed by atoms with Gasteiger partial charge in [-0.1, -0.05) is 104 Å². The van der Waals surface area contributed by atoms with Crippen molar-refractivity contribution < 1.29 is 49.0 Å². The van der Waals surface area contributed by atoms with Crippen LogP contribution in [0.4, 0.5) is 0 Å². The van der Waals surface area contributed by atoms with Crippen LogP contribution in [-0.4, -0.2) is 89.0 Å². The maximum atomic E-state index is 12.5. The van der Waals surface area contributed by atoms with Crippen molar-refractivity contribution in [2.45, 2.75) is 166 Å². The number of rotatable bonds is 25. The summed E-state index contributed by atoms with van der Waals surface area (Å²) < 4.78 is 21.8. The van der Waals surface area contributed by atoms with Gasteiger partial charge >= 0.3 is 11.9 Å². The van der Waals surface area contributed by atoms with Crippen LogP contribution >= 0.6 is 0 Å². The van der Waals surface area contributed by atoms with Gasteiger partial charge in [-0.05, 0) is 12.8 Å². The first-order valence-electron chi connectivity index (χ1n) is 16.1. The molecule has 41 heavy (non-hydrogen) atoms. The van der Waals surface area contributed by atoms with E-state index in [9.17, 15) is 30.0 Å². The van der Waals surface area contributed by atoms with Gasteiger partial charge in [-0.15, -0.1) is 0 Å². The predicted molar refractivity (Wildman–Crippen MR) is 155 cm³/mol. The van der Waals surface area contributed by atoms with Crippen molar-refractivity contribution in [3.05, 3.63) is 0 Å². The minimum absolute atomic E-state index is 0.214. The number of carbonyl (C=O) groups is 2. The lowest BCUT2D eigenvalue weighted by molar-refractivity contribution is -0.305. The van der Waals surface area contributed by atoms with E-state index in [0.29, 0.717) is 6.42 Å². The largest absolute Gasteiger partial charge is 0.462 e. The Labute approximate surface area is 247 Å². The van der Waals surface area contributed by atoms with Crippen LogP contribution < -0.4 is 0 Å². The average molecular weight is 591 g/mol. The Morgan fingerprint density at radius 3 is 1.68 bits per heavy atom. The lowest BCUT2D eigenvalue weighted by Crippen LogP contribution is -2.59. The number of esters is 2. The van der Waals surface area contributed by atoms with Crippen molar-refractivity contribution in [3.8, 4) is 0 Å². The van der Waals surface area contributed by atoms with Gasteiger partial charge in [0.15, 0.2) is 12.4 Å². The van der Waals surface area contributed by atoms with Crippen LogP contribution in [0.5, 0.6) is 0 Å². The smallest absolute Gasteiger partial charge is 0.306 e. The summed E-state index contributed by atoms with van der Waals surface area (Å²) in [5, 5.41) is 39.5. The minimum atomic E-state index is -1.58. The normalized spacial score (nSPS) is 23.3. The molecule has 1 rings (SSSR count). The third kappa shape index (κ3) is 17.4. The van der Waals surface area contributed by atoms with E-state index in [0.717, 1.165) is 44.9 Å². The van der Waals surface area contributed by atoms with Crippen LogP contribution in [0.15, 0.2) is 0 Å². The predicted octanol–water partition coefficient (Wildman–Crippen LogP) is 4.32. The number of hydrogen-bond donors (Lipinski definition) is 4. The number of aliphatic hydroxyl groups excluding tert-OH is 4. The Kier molecular flexibility index (Phi) is 22.2. The summed E-state index contributed by atoms with van der Waals surface area (Å²) in [7, 11) is 0. The molecule has 1 aliphatic rings. The van der Waals surface area contributed by atoms with Gasteiger partial charge < -0.3 is 39.4 Å². The van der Waals surface area contributed by atoms with E-state index in [-0.39, 0.29) is 26.1 Å². The summed E-state index contributed by atoms with van der Waals surface area (Å²) in [5.41, 5.74) is 0. The molecule has 0 aromatic rings. The summed E-state index contributed by atoms with van der Waals surface area (Å²) >= 11 is 0. The molecule has 0 unspecified atom stereocenters. The lowest BCUT2D eigenvalue weighted by atomic mass is 9.99. The highest BCUT2D eigenvalue weighted by molar-refractivity contribution is 5.70. The Balaban J connectivity index is 2.42. The molecule has 0 amide bonds. The fourth-order valence-corrected chi connectivity index (χ4v) is 4.83. The molecular formula is C31H58O10. The molecule has 0 aromatic heterocycles. The van der Waals surface area contributed by atoms with Gasteiger partial charge in [0.1, 0.15) is 31.0 Å². The first-order valence-corrected chi connectivity index (χ1v) is 16.1. The van der Waals surface area contributed by atoms with E-state index < -0.39 is 55.4 Å². The van der Waals surface area contributed by atoms with Crippen LogP contribution in [0.1, 0.15) is 129 Å². The van der Waals surface area contributed by atoms with Crippen LogP contribution in [0.3, 0.4) is 0 Å². The molecule has 242 valence electrons. The summed E-state index contributed by atoms with van der Waals surface area (Å²) in [6.07, 6.45) is 10.4. The quantitative estimate of drug-likeness (QED) is 0.0893. The fourth-order valence-electron chi connectivity index (χ4n) is 4.83. The topological polar surface area (TPSA) is 152 Å². The van der Waals surface area contributed by atoms with Gasteiger partial charge in [-0.3, -0.25) is 9.59 Å². The molecule has 0 aromatic carbocycles. The molecule has 10 nitrogen and oxygen atoms in total. The first kappa shape index (κ1) is 37.7. The SMILES string of the molecule is CCCCCCCCCCCCCCC(=O)O[C@H](COC(=O)CCCCCC)CO[C@@H]1O[C@H](CO)[C@H](O)[C@H](O)[C@H]1O. The van der Waals surface area contributed by atoms with Gasteiger partial charge in [0.05, 0.1) is 13.2 Å². The van der Waals surface area contributed by atoms with E-state index in [1.165, 1.54) is 51.4 Å². The molecule has 0 bridgehead atoms. The number of aliphatic hydroxyl groups is 4. The average Bonchev–Trinajstić information content (AvgIpc) is 2.96. The van der Waals surface area contributed by atoms with Crippen molar-refractivity contribution >= 4 is 11.9 Å². The van der Waals surface area contributed by atoms with Crippen molar-refractivity contribution in [3.63, 3.8) is 0 Å². The standard InChI is InChI=1S/C31H58O10/c1-3-5-7-9-10-11-12-13-14-15-16-18-20-27(34)40-24(22-38-26(33)19-17-8-6-4-2)23-39-31-30(37)29(36)28(35)25(21-32)41-31/h24-25,28-32,35-37H,3-23H2,1-2H3/t24-,25-,28+,29+,30-,31-/m1/s1. The molecule has 1 aliphatic heterocycles. The zero-order chi connectivity index (χ0) is 30.3. The van der Waals surface area contributed by atoms with Crippen molar-refractivity contribution in [1.29, 1.82) is 0 Å². The Morgan fingerprint density at radius 1 is 0.659 bits per heavy atom. The van der Waals surface area contributed by atoms with E-state index in [1.807, 2.05) is 0 Å². The molecule has 0 saturated carbocycles. The van der Waals surface area contributed by atoms with Gasteiger partial charge in [-0.25, -0.2) is 0 Å². The second-order valence-electron chi connectivity index (χ2n) is 11.3. The van der Waals surface area contributed by atoms with E-state index in [2.05, 4.69) is 13.8 Å². The highest BCUT2D eigenvalue weighted by Gasteiger charge is 2.44. The summed E-state index contributed by atoms with van der Waals surface area (Å²) in [6, 6.07) is 0. The molecule has 6 atom stereocenters. The van der Waals surface area contributed by atoms with E-state index in [1.54, 1.807) is 0 Å². The van der Waals surface area contributed by atoms with Crippen LogP contribution in [0.2, 0.25) is 0 Å². The monoisotopic (exact) mass is 590 g/mol. The third-order valence-electron chi connectivity index (χ3n) is 7.49. The van der Waals surface area contributed by atoms with Gasteiger partial charge in [0, 0.05) is 12.8 Å². The summed E-state index contributed by atoms with van der Waals surface area (Å²) in [4.78, 5) is 24.7. The highest BCUT2D eigenvalue weighted by Crippen LogP contribution is 2.22. The fraction of sp³-hybridized carbons (Fsp3) is 0.935. The van der Waals surface area contributed by atoms with E-state index >= 15 is 0 Å². The Bertz CT molecular complexity index is 659. The van der Waals surface area contributed by atoms with Crippen molar-refractivity contribution in [2.24, 2.45) is 0 Å². The molecule has 0 aliphatic carbocycles. The van der Waals surface area contributed by atoms with Crippen LogP contribution in [0, 0.1) is 0 Å². The molecule has 0 radical (unpaired) electrons. The molecule has 1 fully saturated rings. The van der Waals surface area contributed by atoms with Gasteiger partial charge in [-0.2, -0.15) is 0 Å². The minimum Gasteiger partial charge on any atom is -0.462 e. The van der Waals surface area contributed by atoms with E-state index in [4.69, 9.17) is 18.9 Å². The second-order valence-corrected chi connectivity index (χ2v) is 11.3. The molecular weight excluding hydrogens is 532 g/mol. The van der Waals surface area contributed by atoms with Gasteiger partial charge in [0.2, 0.25) is 0 Å². The summed E-state index contributed by atoms with van der Waals surface area (Å²) in [5.74, 6) is -0.825. The molecule has 10 heteroatoms. The number of carbonyl (C=O) groups excluding carboxylic acids is 2. The van der Waals surface area contributed by atoms with Gasteiger partial charge in [0.25, 0.3) is 0 Å². The van der Waals surface area contributed by atoms with Crippen LogP contribution in [0.25, 0.3) is 0 Å². The number of unbranched alkanes of at least 4 members (excludes halogenated alkanes) is 14. The lowest BCUT2D eigenvalue weighted by Gasteiger charge is -2.39. The van der Waals surface area contributed by atoms with Crippen molar-refractivity contribution in [2.75, 3.05) is 19.8 Å². The molecule has 1 saturated heterocycles. The first-order chi connectivity index (χ1) is 19.8. The number of hydrogen-bond acceptors (Lipinski definition) is 10. The van der Waals surface area contributed by atoms with Crippen molar-refractivity contribution in [1.82, 2.24) is 0 Å². The molecule has 4 N–H and O–H groups in total. The zero-order valence-electron chi connectivity index (χ0n) is 25.6. The summed E-state index contributed by atoms with van der Waals surface area (Å²) in [6.45, 7) is 3.25.